The van der Waals surface area contributed by atoms with Crippen molar-refractivity contribution in [3.05, 3.63) is 59.5 Å². The van der Waals surface area contributed by atoms with Crippen LogP contribution in [-0.4, -0.2) is 43.9 Å². The van der Waals surface area contributed by atoms with Crippen molar-refractivity contribution in [3.63, 3.8) is 0 Å². The van der Waals surface area contributed by atoms with Gasteiger partial charge >= 0.3 is 6.18 Å². The van der Waals surface area contributed by atoms with Crippen LogP contribution < -0.4 is 0 Å². The zero-order chi connectivity index (χ0) is 24.7. The van der Waals surface area contributed by atoms with Crippen LogP contribution in [0.25, 0.3) is 34.3 Å². The van der Waals surface area contributed by atoms with Gasteiger partial charge in [-0.25, -0.2) is 8.42 Å². The van der Waals surface area contributed by atoms with E-state index in [9.17, 15) is 21.6 Å². The normalized spacial score (nSPS) is 12.2. The van der Waals surface area contributed by atoms with E-state index >= 15 is 0 Å². The smallest absolute Gasteiger partial charge is 0.307 e. The van der Waals surface area contributed by atoms with E-state index in [-0.39, 0.29) is 33.7 Å². The summed E-state index contributed by atoms with van der Waals surface area (Å²) >= 11 is 5.88. The summed E-state index contributed by atoms with van der Waals surface area (Å²) in [5.74, 6) is -0.137. The van der Waals surface area contributed by atoms with E-state index in [1.165, 1.54) is 37.0 Å². The summed E-state index contributed by atoms with van der Waals surface area (Å²) in [6, 6.07) is 6.36. The molecule has 0 amide bonds. The summed E-state index contributed by atoms with van der Waals surface area (Å²) in [4.78, 5) is 12.4. The fourth-order valence-electron chi connectivity index (χ4n) is 3.18. The third-order valence-electron chi connectivity index (χ3n) is 4.99. The molecule has 0 N–H and O–H groups in total. The molecule has 34 heavy (non-hydrogen) atoms. The summed E-state index contributed by atoms with van der Waals surface area (Å²) in [5, 5.41) is 8.38. The summed E-state index contributed by atoms with van der Waals surface area (Å²) in [5.41, 5.74) is -0.0582. The first-order valence-corrected chi connectivity index (χ1v) is 11.8. The van der Waals surface area contributed by atoms with Gasteiger partial charge in [0.2, 0.25) is 0 Å². The van der Waals surface area contributed by atoms with Crippen LogP contribution in [0.2, 0.25) is 5.02 Å². The molecule has 4 rings (SSSR count). The number of alkyl halides is 3. The molecule has 0 radical (unpaired) electrons. The van der Waals surface area contributed by atoms with Gasteiger partial charge in [0, 0.05) is 31.2 Å². The zero-order valence-corrected chi connectivity index (χ0v) is 19.3. The number of nitrogens with zero attached hydrogens (tertiary/aromatic N) is 6. The van der Waals surface area contributed by atoms with Crippen LogP contribution in [0.3, 0.4) is 0 Å². The number of hydrogen-bond acceptors (Lipinski definition) is 7. The van der Waals surface area contributed by atoms with Crippen LogP contribution in [0.15, 0.2) is 53.8 Å². The van der Waals surface area contributed by atoms with Crippen molar-refractivity contribution in [1.29, 1.82) is 0 Å². The number of aromatic nitrogens is 6. The molecule has 4 heterocycles. The molecule has 0 aliphatic heterocycles. The topological polar surface area (TPSA) is 104 Å². The Labute approximate surface area is 197 Å². The van der Waals surface area contributed by atoms with Crippen molar-refractivity contribution in [2.75, 3.05) is 5.75 Å². The first-order chi connectivity index (χ1) is 16.0. The number of hydrogen-bond donors (Lipinski definition) is 0. The summed E-state index contributed by atoms with van der Waals surface area (Å²) < 4.78 is 66.5. The molecule has 0 spiro atoms. The molecule has 13 heteroatoms. The van der Waals surface area contributed by atoms with E-state index in [1.807, 2.05) is 0 Å². The number of pyridine rings is 3. The van der Waals surface area contributed by atoms with Crippen LogP contribution in [0, 0.1) is 0 Å². The molecule has 176 valence electrons. The molecule has 4 aromatic rings. The molecule has 4 aromatic heterocycles. The van der Waals surface area contributed by atoms with Gasteiger partial charge in [0.05, 0.1) is 26.9 Å². The Morgan fingerprint density at radius 1 is 0.971 bits per heavy atom. The van der Waals surface area contributed by atoms with E-state index in [1.54, 1.807) is 12.1 Å². The highest BCUT2D eigenvalue weighted by Gasteiger charge is 2.31. The molecule has 0 aliphatic carbocycles. The summed E-state index contributed by atoms with van der Waals surface area (Å²) in [6.45, 7) is 1.49. The van der Waals surface area contributed by atoms with E-state index < -0.39 is 21.6 Å². The Bertz CT molecular complexity index is 1470. The van der Waals surface area contributed by atoms with Gasteiger partial charge in [-0.1, -0.05) is 18.5 Å². The lowest BCUT2D eigenvalue weighted by Gasteiger charge is -2.11. The average molecular weight is 509 g/mol. The molecule has 0 bridgehead atoms. The van der Waals surface area contributed by atoms with E-state index in [0.29, 0.717) is 16.3 Å². The minimum Gasteiger partial charge on any atom is -0.307 e. The van der Waals surface area contributed by atoms with Crippen molar-refractivity contribution >= 4 is 21.4 Å². The van der Waals surface area contributed by atoms with Crippen LogP contribution in [0.1, 0.15) is 12.5 Å². The van der Waals surface area contributed by atoms with Gasteiger partial charge in [0.25, 0.3) is 0 Å². The minimum atomic E-state index is -4.56. The third-order valence-corrected chi connectivity index (χ3v) is 6.96. The molecule has 0 aliphatic rings. The molecular formula is C21H16ClF3N6O2S. The molecule has 0 aromatic carbocycles. The van der Waals surface area contributed by atoms with Crippen LogP contribution >= 0.6 is 11.6 Å². The first-order valence-electron chi connectivity index (χ1n) is 9.79. The van der Waals surface area contributed by atoms with Gasteiger partial charge in [0.1, 0.15) is 11.4 Å². The van der Waals surface area contributed by atoms with Crippen LogP contribution in [0.5, 0.6) is 0 Å². The molecule has 0 saturated heterocycles. The molecule has 0 unspecified atom stereocenters. The predicted molar refractivity (Wildman–Crippen MR) is 118 cm³/mol. The Kier molecular flexibility index (Phi) is 6.13. The maximum Gasteiger partial charge on any atom is 0.416 e. The Hall–Kier alpha value is -3.38. The molecular weight excluding hydrogens is 493 g/mol. The fourth-order valence-corrected chi connectivity index (χ4v) is 4.35. The quantitative estimate of drug-likeness (QED) is 0.392. The van der Waals surface area contributed by atoms with Crippen molar-refractivity contribution in [3.8, 4) is 34.3 Å². The van der Waals surface area contributed by atoms with Gasteiger partial charge in [-0.05, 0) is 30.3 Å². The fraction of sp³-hybridized carbons (Fsp3) is 0.190. The Morgan fingerprint density at radius 3 is 2.35 bits per heavy atom. The van der Waals surface area contributed by atoms with Crippen molar-refractivity contribution in [1.82, 2.24) is 29.7 Å². The van der Waals surface area contributed by atoms with E-state index in [4.69, 9.17) is 11.6 Å². The van der Waals surface area contributed by atoms with E-state index in [0.717, 1.165) is 18.3 Å². The maximum absolute atomic E-state index is 13.1. The lowest BCUT2D eigenvalue weighted by Crippen LogP contribution is -2.09. The molecule has 0 fully saturated rings. The number of sulfone groups is 1. The minimum absolute atomic E-state index is 0.00721. The summed E-state index contributed by atoms with van der Waals surface area (Å²) in [6.07, 6.45) is -0.687. The maximum atomic E-state index is 13.1. The number of halogens is 4. The first kappa shape index (κ1) is 23.8. The lowest BCUT2D eigenvalue weighted by atomic mass is 10.1. The van der Waals surface area contributed by atoms with E-state index in [2.05, 4.69) is 25.1 Å². The van der Waals surface area contributed by atoms with Gasteiger partial charge in [-0.2, -0.15) is 13.2 Å². The summed E-state index contributed by atoms with van der Waals surface area (Å²) in [7, 11) is -2.28. The highest BCUT2D eigenvalue weighted by atomic mass is 35.5. The standard InChI is InChI=1S/C21H16ClF3N6O2S/c1-3-34(32,33)17-8-12(15-5-4-14(22)11-27-15)10-28-18(17)20-30-29-19(31(20)2)16-9-13(6-7-26-16)21(23,24)25/h4-11H,3H2,1-2H3. The SMILES string of the molecule is CCS(=O)(=O)c1cc(-c2ccc(Cl)cn2)cnc1-c1nnc(-c2cc(C(F)(F)F)ccn2)n1C. The second-order valence-corrected chi connectivity index (χ2v) is 9.85. The monoisotopic (exact) mass is 508 g/mol. The van der Waals surface area contributed by atoms with Gasteiger partial charge in [0.15, 0.2) is 21.5 Å². The zero-order valence-electron chi connectivity index (χ0n) is 17.7. The van der Waals surface area contributed by atoms with Crippen molar-refractivity contribution in [2.24, 2.45) is 7.05 Å². The highest BCUT2D eigenvalue weighted by Crippen LogP contribution is 2.33. The Morgan fingerprint density at radius 2 is 1.71 bits per heavy atom. The predicted octanol–water partition coefficient (Wildman–Crippen LogP) is 4.47. The van der Waals surface area contributed by atoms with Crippen molar-refractivity contribution < 1.29 is 21.6 Å². The second kappa shape index (κ2) is 8.76. The highest BCUT2D eigenvalue weighted by molar-refractivity contribution is 7.91. The third kappa shape index (κ3) is 4.50. The second-order valence-electron chi connectivity index (χ2n) is 7.17. The van der Waals surface area contributed by atoms with Gasteiger partial charge < -0.3 is 4.57 Å². The van der Waals surface area contributed by atoms with Crippen LogP contribution in [-0.2, 0) is 23.1 Å². The van der Waals surface area contributed by atoms with Crippen LogP contribution in [0.4, 0.5) is 13.2 Å². The largest absolute Gasteiger partial charge is 0.416 e. The molecule has 0 atom stereocenters. The molecule has 8 nitrogen and oxygen atoms in total. The van der Waals surface area contributed by atoms with Gasteiger partial charge in [-0.15, -0.1) is 10.2 Å². The lowest BCUT2D eigenvalue weighted by molar-refractivity contribution is -0.137. The van der Waals surface area contributed by atoms with Crippen molar-refractivity contribution in [2.45, 2.75) is 18.0 Å². The Balaban J connectivity index is 1.85. The number of rotatable bonds is 5. The van der Waals surface area contributed by atoms with Gasteiger partial charge in [-0.3, -0.25) is 15.0 Å². The average Bonchev–Trinajstić information content (AvgIpc) is 3.20. The molecule has 0 saturated carbocycles.